The summed E-state index contributed by atoms with van der Waals surface area (Å²) in [7, 11) is -1.97. The molecular weight excluding hydrogens is 380 g/mol. The van der Waals surface area contributed by atoms with E-state index in [0.717, 1.165) is 5.57 Å². The molecule has 0 amide bonds. The maximum absolute atomic E-state index is 4.16. The van der Waals surface area contributed by atoms with E-state index in [9.17, 15) is 0 Å². The molecule has 0 bridgehead atoms. The Morgan fingerprint density at radius 2 is 1.07 bits per heavy atom. The van der Waals surface area contributed by atoms with Crippen molar-refractivity contribution in [2.75, 3.05) is 26.2 Å². The van der Waals surface area contributed by atoms with Gasteiger partial charge in [-0.1, -0.05) is 96.7 Å². The first kappa shape index (κ1) is 27.1. The number of allylic oxidation sites excluding steroid dienone is 1. The molecule has 1 aromatic carbocycles. The highest BCUT2D eigenvalue weighted by atomic mass is 28.3. The van der Waals surface area contributed by atoms with Crippen LogP contribution in [0.3, 0.4) is 0 Å². The van der Waals surface area contributed by atoms with Crippen LogP contribution in [-0.4, -0.2) is 43.7 Å². The lowest BCUT2D eigenvalue weighted by Gasteiger charge is -2.49. The van der Waals surface area contributed by atoms with Crippen LogP contribution in [-0.2, 0) is 0 Å². The van der Waals surface area contributed by atoms with Gasteiger partial charge in [0.25, 0.3) is 0 Å². The molecule has 0 radical (unpaired) electrons. The zero-order valence-electron chi connectivity index (χ0n) is 21.1. The molecule has 0 unspecified atom stereocenters. The third-order valence-corrected chi connectivity index (χ3v) is 11.7. The van der Waals surface area contributed by atoms with E-state index in [4.69, 9.17) is 0 Å². The Kier molecular flexibility index (Phi) is 13.6. The zero-order valence-corrected chi connectivity index (χ0v) is 22.1. The summed E-state index contributed by atoms with van der Waals surface area (Å²) in [6, 6.07) is 10.8. The third-order valence-electron chi connectivity index (χ3n) is 6.51. The summed E-state index contributed by atoms with van der Waals surface area (Å²) >= 11 is 0. The van der Waals surface area contributed by atoms with Crippen molar-refractivity contribution in [1.82, 2.24) is 9.13 Å². The number of benzene rings is 1. The lowest BCUT2D eigenvalue weighted by Crippen LogP contribution is -2.73. The maximum Gasteiger partial charge on any atom is 0.239 e. The van der Waals surface area contributed by atoms with Gasteiger partial charge in [-0.3, -0.25) is 0 Å². The first-order chi connectivity index (χ1) is 14.5. The number of rotatable bonds is 17. The normalized spacial score (nSPS) is 12.1. The minimum Gasteiger partial charge on any atom is -0.308 e. The van der Waals surface area contributed by atoms with Crippen molar-refractivity contribution in [3.63, 3.8) is 0 Å². The zero-order chi connectivity index (χ0) is 22.4. The second-order valence-corrected chi connectivity index (χ2v) is 13.1. The second kappa shape index (κ2) is 15.0. The predicted octanol–water partition coefficient (Wildman–Crippen LogP) is 7.19. The average molecular weight is 431 g/mol. The summed E-state index contributed by atoms with van der Waals surface area (Å²) in [5, 5.41) is 1.61. The quantitative estimate of drug-likeness (QED) is 0.241. The van der Waals surface area contributed by atoms with Gasteiger partial charge in [-0.2, -0.15) is 0 Å². The molecule has 0 atom stereocenters. The lowest BCUT2D eigenvalue weighted by atomic mass is 10.1. The van der Waals surface area contributed by atoms with E-state index in [1.165, 1.54) is 89.2 Å². The van der Waals surface area contributed by atoms with E-state index >= 15 is 0 Å². The van der Waals surface area contributed by atoms with Gasteiger partial charge in [0, 0.05) is 0 Å². The van der Waals surface area contributed by atoms with E-state index in [2.05, 4.69) is 81.5 Å². The van der Waals surface area contributed by atoms with E-state index in [-0.39, 0.29) is 0 Å². The Hall–Kier alpha value is -0.903. The number of unbranched alkanes of at least 4 members (excludes halogenated alkanes) is 4. The average Bonchev–Trinajstić information content (AvgIpc) is 2.76. The number of nitrogens with zero attached hydrogens (tertiary/aromatic N) is 2. The van der Waals surface area contributed by atoms with Crippen molar-refractivity contribution in [3.05, 3.63) is 36.4 Å². The smallest absolute Gasteiger partial charge is 0.239 e. The van der Waals surface area contributed by atoms with Crippen LogP contribution in [0.15, 0.2) is 30.8 Å². The fourth-order valence-electron chi connectivity index (χ4n) is 4.60. The lowest BCUT2D eigenvalue weighted by molar-refractivity contribution is 0.311. The molecule has 0 spiro atoms. The third kappa shape index (κ3) is 7.35. The molecule has 0 aliphatic heterocycles. The fourth-order valence-corrected chi connectivity index (χ4v) is 9.84. The minimum atomic E-state index is -1.97. The van der Waals surface area contributed by atoms with Gasteiger partial charge in [0.15, 0.2) is 0 Å². The molecule has 1 rings (SSSR count). The van der Waals surface area contributed by atoms with Crippen molar-refractivity contribution in [2.45, 2.75) is 99.0 Å². The van der Waals surface area contributed by atoms with Gasteiger partial charge in [-0.25, -0.2) is 0 Å². The Bertz CT molecular complexity index is 545. The highest BCUT2D eigenvalue weighted by molar-refractivity contribution is 6.87. The summed E-state index contributed by atoms with van der Waals surface area (Å²) in [5.41, 5.74) is 2.44. The van der Waals surface area contributed by atoms with Crippen LogP contribution < -0.4 is 5.19 Å². The van der Waals surface area contributed by atoms with Gasteiger partial charge < -0.3 is 9.13 Å². The van der Waals surface area contributed by atoms with Gasteiger partial charge >= 0.3 is 0 Å². The molecule has 0 fully saturated rings. The molecule has 0 aliphatic rings. The first-order valence-corrected chi connectivity index (χ1v) is 14.9. The molecule has 1 aromatic rings. The van der Waals surface area contributed by atoms with Gasteiger partial charge in [0.2, 0.25) is 8.40 Å². The van der Waals surface area contributed by atoms with Gasteiger partial charge in [0.1, 0.15) is 0 Å². The number of hydrogen-bond donors (Lipinski definition) is 0. The van der Waals surface area contributed by atoms with E-state index in [0.29, 0.717) is 0 Å². The molecule has 0 N–H and O–H groups in total. The summed E-state index contributed by atoms with van der Waals surface area (Å²) in [5.74, 6) is 0. The van der Waals surface area contributed by atoms with Gasteiger partial charge in [-0.05, 0) is 75.6 Å². The molecule has 172 valence electrons. The van der Waals surface area contributed by atoms with E-state index in [1.54, 1.807) is 5.19 Å². The second-order valence-electron chi connectivity index (χ2n) is 8.92. The Balaban J connectivity index is 3.53. The monoisotopic (exact) mass is 430 g/mol. The molecule has 0 aromatic heterocycles. The van der Waals surface area contributed by atoms with Crippen molar-refractivity contribution in [1.29, 1.82) is 0 Å². The summed E-state index contributed by atoms with van der Waals surface area (Å²) in [6.45, 7) is 23.1. The predicted molar refractivity (Wildman–Crippen MR) is 140 cm³/mol. The summed E-state index contributed by atoms with van der Waals surface area (Å²) < 4.78 is 5.95. The van der Waals surface area contributed by atoms with Gasteiger partial charge in [0.05, 0.1) is 0 Å². The van der Waals surface area contributed by atoms with Crippen molar-refractivity contribution in [2.24, 2.45) is 0 Å². The maximum atomic E-state index is 4.16. The minimum absolute atomic E-state index is 1.16. The van der Waals surface area contributed by atoms with Crippen LogP contribution in [0.5, 0.6) is 0 Å². The standard InChI is InChI=1S/C27H50N2Si/c1-8-13-21-28(22-14-9-2)30(12-5,29(23-15-10-3)24-16-11-4)27-19-17-26(18-20-27)25(6)7/h17-20H,6,8-16,21-24H2,1-5,7H3. The Morgan fingerprint density at radius 3 is 1.33 bits per heavy atom. The Morgan fingerprint density at radius 1 is 0.700 bits per heavy atom. The van der Waals surface area contributed by atoms with Crippen molar-refractivity contribution in [3.8, 4) is 0 Å². The molecule has 2 nitrogen and oxygen atoms in total. The van der Waals surface area contributed by atoms with Crippen LogP contribution >= 0.6 is 0 Å². The summed E-state index contributed by atoms with van der Waals surface area (Å²) in [4.78, 5) is 0. The van der Waals surface area contributed by atoms with E-state index in [1.807, 2.05) is 0 Å². The fraction of sp³-hybridized carbons (Fsp3) is 0.704. The number of hydrogen-bond acceptors (Lipinski definition) is 2. The molecule has 0 saturated carbocycles. The van der Waals surface area contributed by atoms with Crippen molar-refractivity contribution >= 4 is 19.2 Å². The van der Waals surface area contributed by atoms with Crippen LogP contribution in [0.1, 0.15) is 98.5 Å². The molecule has 30 heavy (non-hydrogen) atoms. The van der Waals surface area contributed by atoms with Crippen LogP contribution in [0.25, 0.3) is 5.57 Å². The van der Waals surface area contributed by atoms with Crippen molar-refractivity contribution < 1.29 is 0 Å². The first-order valence-electron chi connectivity index (χ1n) is 12.8. The SMILES string of the molecule is C=C(C)c1ccc([Si](CC)(N(CCCC)CCCC)N(CCCC)CCCC)cc1. The molecule has 0 heterocycles. The molecule has 0 saturated heterocycles. The summed E-state index contributed by atoms with van der Waals surface area (Å²) in [6.07, 6.45) is 10.3. The van der Waals surface area contributed by atoms with Gasteiger partial charge in [-0.15, -0.1) is 0 Å². The van der Waals surface area contributed by atoms with Crippen LogP contribution in [0.2, 0.25) is 6.04 Å². The van der Waals surface area contributed by atoms with Crippen LogP contribution in [0, 0.1) is 0 Å². The highest BCUT2D eigenvalue weighted by Gasteiger charge is 2.45. The highest BCUT2D eigenvalue weighted by Crippen LogP contribution is 2.25. The largest absolute Gasteiger partial charge is 0.308 e. The topological polar surface area (TPSA) is 6.48 Å². The van der Waals surface area contributed by atoms with E-state index < -0.39 is 8.40 Å². The van der Waals surface area contributed by atoms with Crippen LogP contribution in [0.4, 0.5) is 0 Å². The molecule has 0 aliphatic carbocycles. The molecule has 3 heteroatoms. The molecular formula is C27H50N2Si. The Labute approximate surface area is 189 Å².